The van der Waals surface area contributed by atoms with E-state index in [9.17, 15) is 13.2 Å². The van der Waals surface area contributed by atoms with Gasteiger partial charge in [0.2, 0.25) is 0 Å². The maximum absolute atomic E-state index is 12.6. The van der Waals surface area contributed by atoms with E-state index in [1.807, 2.05) is 18.2 Å². The molecule has 0 aromatic heterocycles. The summed E-state index contributed by atoms with van der Waals surface area (Å²) >= 11 is 5.96. The average Bonchev–Trinajstić information content (AvgIpc) is 2.57. The third-order valence-corrected chi connectivity index (χ3v) is 5.22. The fourth-order valence-electron chi connectivity index (χ4n) is 2.47. The van der Waals surface area contributed by atoms with Crippen LogP contribution in [0.15, 0.2) is 48.5 Å². The van der Waals surface area contributed by atoms with E-state index in [2.05, 4.69) is 0 Å². The Kier molecular flexibility index (Phi) is 6.67. The van der Waals surface area contributed by atoms with Crippen LogP contribution in [-0.4, -0.2) is 44.3 Å². The van der Waals surface area contributed by atoms with Crippen LogP contribution in [0.3, 0.4) is 0 Å². The van der Waals surface area contributed by atoms with Gasteiger partial charge in [0.25, 0.3) is 5.91 Å². The molecule has 1 unspecified atom stereocenters. The zero-order valence-corrected chi connectivity index (χ0v) is 16.5. The second-order valence-corrected chi connectivity index (χ2v) is 8.93. The van der Waals surface area contributed by atoms with Crippen LogP contribution >= 0.6 is 11.6 Å². The van der Waals surface area contributed by atoms with Crippen LogP contribution in [0.1, 0.15) is 22.8 Å². The van der Waals surface area contributed by atoms with Crippen molar-refractivity contribution >= 4 is 27.3 Å². The molecule has 1 atom stereocenters. The largest absolute Gasteiger partial charge is 0.489 e. The molecule has 0 heterocycles. The average molecular weight is 396 g/mol. The number of nitrogens with zero attached hydrogens (tertiary/aromatic N) is 1. The Morgan fingerprint density at radius 1 is 1.19 bits per heavy atom. The summed E-state index contributed by atoms with van der Waals surface area (Å²) < 4.78 is 28.6. The minimum atomic E-state index is -3.16. The van der Waals surface area contributed by atoms with Crippen LogP contribution in [-0.2, 0) is 16.4 Å². The van der Waals surface area contributed by atoms with Gasteiger partial charge < -0.3 is 9.64 Å². The van der Waals surface area contributed by atoms with Crippen LogP contribution in [0.2, 0.25) is 5.02 Å². The van der Waals surface area contributed by atoms with Gasteiger partial charge in [-0.2, -0.15) is 0 Å². The predicted molar refractivity (Wildman–Crippen MR) is 103 cm³/mol. The number of sulfone groups is 1. The number of hydrogen-bond donors (Lipinski definition) is 0. The zero-order chi connectivity index (χ0) is 19.3. The van der Waals surface area contributed by atoms with Gasteiger partial charge in [0.15, 0.2) is 0 Å². The number of hydrogen-bond acceptors (Lipinski definition) is 4. The molecule has 0 saturated carbocycles. The molecular formula is C19H22ClNO4S. The van der Waals surface area contributed by atoms with E-state index in [-0.39, 0.29) is 11.7 Å². The second-order valence-electron chi connectivity index (χ2n) is 6.30. The normalized spacial score (nSPS) is 12.5. The van der Waals surface area contributed by atoms with E-state index in [4.69, 9.17) is 16.3 Å². The zero-order valence-electron chi connectivity index (χ0n) is 15.0. The Labute approximate surface area is 159 Å². The van der Waals surface area contributed by atoms with Crippen LogP contribution in [0, 0.1) is 0 Å². The molecule has 0 aliphatic heterocycles. The quantitative estimate of drug-likeness (QED) is 0.720. The van der Waals surface area contributed by atoms with E-state index in [1.165, 1.54) is 4.90 Å². The topological polar surface area (TPSA) is 63.7 Å². The highest BCUT2D eigenvalue weighted by atomic mass is 35.5. The number of ether oxygens (including phenoxy) is 1. The standard InChI is InChI=1S/C19H22ClNO4S/c1-14(13-26(3,23)24)21(2)19(22)16-7-5-9-18(11-16)25-12-15-6-4-8-17(20)10-15/h4-11,14H,12-13H2,1-3H3. The lowest BCUT2D eigenvalue weighted by Crippen LogP contribution is -2.39. The van der Waals surface area contributed by atoms with E-state index in [1.54, 1.807) is 44.3 Å². The van der Waals surface area contributed by atoms with Gasteiger partial charge in [-0.05, 0) is 42.8 Å². The van der Waals surface area contributed by atoms with Gasteiger partial charge in [0.05, 0.1) is 5.75 Å². The molecule has 2 rings (SSSR count). The predicted octanol–water partition coefficient (Wildman–Crippen LogP) is 3.42. The molecule has 0 aliphatic rings. The van der Waals surface area contributed by atoms with Crippen LogP contribution in [0.25, 0.3) is 0 Å². The van der Waals surface area contributed by atoms with Gasteiger partial charge in [-0.1, -0.05) is 29.8 Å². The second kappa shape index (κ2) is 8.56. The first-order valence-corrected chi connectivity index (χ1v) is 10.5. The monoisotopic (exact) mass is 395 g/mol. The number of benzene rings is 2. The summed E-state index contributed by atoms with van der Waals surface area (Å²) in [4.78, 5) is 14.0. The molecule has 2 aromatic rings. The van der Waals surface area contributed by atoms with E-state index >= 15 is 0 Å². The SMILES string of the molecule is CC(CS(C)(=O)=O)N(C)C(=O)c1cccc(OCc2cccc(Cl)c2)c1. The number of halogens is 1. The van der Waals surface area contributed by atoms with Gasteiger partial charge in [0, 0.05) is 29.9 Å². The van der Waals surface area contributed by atoms with Gasteiger partial charge in [-0.3, -0.25) is 4.79 Å². The first-order chi connectivity index (χ1) is 12.2. The Bertz CT molecular complexity index is 883. The third-order valence-electron chi connectivity index (χ3n) is 3.90. The summed E-state index contributed by atoms with van der Waals surface area (Å²) in [6, 6.07) is 13.8. The molecule has 0 radical (unpaired) electrons. The minimum absolute atomic E-state index is 0.0831. The van der Waals surface area contributed by atoms with Crippen LogP contribution in [0.4, 0.5) is 0 Å². The Morgan fingerprint density at radius 3 is 2.54 bits per heavy atom. The smallest absolute Gasteiger partial charge is 0.254 e. The van der Waals surface area contributed by atoms with Crippen molar-refractivity contribution in [3.05, 3.63) is 64.7 Å². The first-order valence-electron chi connectivity index (χ1n) is 8.08. The minimum Gasteiger partial charge on any atom is -0.489 e. The molecule has 0 bridgehead atoms. The summed E-state index contributed by atoms with van der Waals surface area (Å²) in [5, 5.41) is 0.636. The summed E-state index contributed by atoms with van der Waals surface area (Å²) in [6.45, 7) is 2.04. The van der Waals surface area contributed by atoms with Gasteiger partial charge in [0.1, 0.15) is 22.2 Å². The Morgan fingerprint density at radius 2 is 1.88 bits per heavy atom. The molecule has 1 amide bonds. The maximum Gasteiger partial charge on any atom is 0.254 e. The molecule has 0 aliphatic carbocycles. The van der Waals surface area contributed by atoms with Crippen molar-refractivity contribution in [3.8, 4) is 5.75 Å². The van der Waals surface area contributed by atoms with Crippen molar-refractivity contribution < 1.29 is 17.9 Å². The number of amides is 1. The van der Waals surface area contributed by atoms with E-state index in [0.717, 1.165) is 11.8 Å². The Balaban J connectivity index is 2.06. The molecular weight excluding hydrogens is 374 g/mol. The molecule has 0 N–H and O–H groups in total. The lowest BCUT2D eigenvalue weighted by atomic mass is 10.1. The summed E-state index contributed by atoms with van der Waals surface area (Å²) in [5.74, 6) is 0.217. The van der Waals surface area contributed by atoms with Gasteiger partial charge in [-0.25, -0.2) is 8.42 Å². The van der Waals surface area contributed by atoms with E-state index in [0.29, 0.717) is 22.9 Å². The van der Waals surface area contributed by atoms with Crippen molar-refractivity contribution in [2.45, 2.75) is 19.6 Å². The molecule has 0 saturated heterocycles. The summed E-state index contributed by atoms with van der Waals surface area (Å²) in [7, 11) is -1.57. The van der Waals surface area contributed by atoms with Crippen molar-refractivity contribution in [2.75, 3.05) is 19.1 Å². The van der Waals surface area contributed by atoms with E-state index < -0.39 is 15.9 Å². The van der Waals surface area contributed by atoms with Crippen LogP contribution in [0.5, 0.6) is 5.75 Å². The molecule has 5 nitrogen and oxygen atoms in total. The lowest BCUT2D eigenvalue weighted by Gasteiger charge is -2.24. The fourth-order valence-corrected chi connectivity index (χ4v) is 3.78. The number of carbonyl (C=O) groups excluding carboxylic acids is 1. The number of carbonyl (C=O) groups is 1. The molecule has 2 aromatic carbocycles. The number of rotatable bonds is 7. The van der Waals surface area contributed by atoms with Crippen molar-refractivity contribution in [3.63, 3.8) is 0 Å². The molecule has 140 valence electrons. The third kappa shape index (κ3) is 6.04. The summed E-state index contributed by atoms with van der Waals surface area (Å²) in [5.41, 5.74) is 1.37. The molecule has 0 spiro atoms. The van der Waals surface area contributed by atoms with Crippen molar-refractivity contribution in [1.82, 2.24) is 4.90 Å². The highest BCUT2D eigenvalue weighted by Crippen LogP contribution is 2.18. The van der Waals surface area contributed by atoms with Gasteiger partial charge >= 0.3 is 0 Å². The van der Waals surface area contributed by atoms with Gasteiger partial charge in [-0.15, -0.1) is 0 Å². The molecule has 26 heavy (non-hydrogen) atoms. The highest BCUT2D eigenvalue weighted by molar-refractivity contribution is 7.90. The highest BCUT2D eigenvalue weighted by Gasteiger charge is 2.21. The Hall–Kier alpha value is -2.05. The van der Waals surface area contributed by atoms with Crippen LogP contribution < -0.4 is 4.74 Å². The summed E-state index contributed by atoms with van der Waals surface area (Å²) in [6.07, 6.45) is 1.16. The maximum atomic E-state index is 12.6. The fraction of sp³-hybridized carbons (Fsp3) is 0.316. The van der Waals surface area contributed by atoms with Crippen molar-refractivity contribution in [1.29, 1.82) is 0 Å². The lowest BCUT2D eigenvalue weighted by molar-refractivity contribution is 0.0756. The first kappa shape index (κ1) is 20.3. The molecule has 7 heteroatoms. The van der Waals surface area contributed by atoms with Crippen molar-refractivity contribution in [2.24, 2.45) is 0 Å². The molecule has 0 fully saturated rings.